The zero-order valence-electron chi connectivity index (χ0n) is 8.77. The smallest absolute Gasteiger partial charge is 0.152 e. The molecule has 0 aromatic heterocycles. The van der Waals surface area contributed by atoms with Crippen molar-refractivity contribution in [2.45, 2.75) is 0 Å². The quantitative estimate of drug-likeness (QED) is 0.619. The first kappa shape index (κ1) is 11.2. The van der Waals surface area contributed by atoms with Gasteiger partial charge in [0.2, 0.25) is 0 Å². The van der Waals surface area contributed by atoms with Crippen LogP contribution >= 0.6 is 0 Å². The minimum atomic E-state index is -0.593. The number of azo groups is 1. The second-order valence-corrected chi connectivity index (χ2v) is 3.36. The van der Waals surface area contributed by atoms with E-state index in [0.29, 0.717) is 5.69 Å². The third-order valence-corrected chi connectivity index (χ3v) is 2.09. The van der Waals surface area contributed by atoms with Crippen molar-refractivity contribution in [2.75, 3.05) is 5.73 Å². The summed E-state index contributed by atoms with van der Waals surface area (Å²) in [5.74, 6) is -1.10. The molecule has 0 fully saturated rings. The highest BCUT2D eigenvalue weighted by Gasteiger charge is 2.02. The molecule has 0 bridgehead atoms. The van der Waals surface area contributed by atoms with Crippen LogP contribution in [-0.4, -0.2) is 0 Å². The van der Waals surface area contributed by atoms with Crippen LogP contribution in [0.1, 0.15) is 0 Å². The lowest BCUT2D eigenvalue weighted by molar-refractivity contribution is 0.623. The maximum absolute atomic E-state index is 13.3. The fraction of sp³-hybridized carbons (Fsp3) is 0. The van der Waals surface area contributed by atoms with E-state index in [2.05, 4.69) is 10.2 Å². The molecule has 0 heterocycles. The van der Waals surface area contributed by atoms with Gasteiger partial charge in [-0.1, -0.05) is 12.1 Å². The van der Waals surface area contributed by atoms with Gasteiger partial charge in [0, 0.05) is 5.69 Å². The summed E-state index contributed by atoms with van der Waals surface area (Å²) < 4.78 is 26.5. The molecule has 0 saturated heterocycles. The monoisotopic (exact) mass is 233 g/mol. The van der Waals surface area contributed by atoms with Crippen LogP contribution in [0, 0.1) is 11.6 Å². The van der Waals surface area contributed by atoms with Crippen molar-refractivity contribution in [3.63, 3.8) is 0 Å². The van der Waals surface area contributed by atoms with Crippen LogP contribution in [0.2, 0.25) is 0 Å². The number of hydrogen-bond acceptors (Lipinski definition) is 3. The zero-order chi connectivity index (χ0) is 12.3. The molecule has 2 rings (SSSR count). The second kappa shape index (κ2) is 4.69. The Morgan fingerprint density at radius 2 is 1.47 bits per heavy atom. The highest BCUT2D eigenvalue weighted by atomic mass is 19.1. The number of nitrogens with two attached hydrogens (primary N) is 1. The number of nitrogens with zero attached hydrogens (tertiary/aromatic N) is 2. The van der Waals surface area contributed by atoms with Gasteiger partial charge in [0.1, 0.15) is 11.4 Å². The average molecular weight is 233 g/mol. The molecule has 2 N–H and O–H groups in total. The van der Waals surface area contributed by atoms with Crippen LogP contribution in [0.3, 0.4) is 0 Å². The fourth-order valence-electron chi connectivity index (χ4n) is 1.24. The molecule has 0 radical (unpaired) electrons. The lowest BCUT2D eigenvalue weighted by Crippen LogP contribution is -1.85. The molecule has 0 aliphatic heterocycles. The van der Waals surface area contributed by atoms with Gasteiger partial charge >= 0.3 is 0 Å². The molecule has 0 aliphatic carbocycles. The summed E-state index contributed by atoms with van der Waals surface area (Å²) in [6.07, 6.45) is 0. The highest BCUT2D eigenvalue weighted by molar-refractivity contribution is 5.49. The Labute approximate surface area is 96.6 Å². The third-order valence-electron chi connectivity index (χ3n) is 2.09. The Morgan fingerprint density at radius 3 is 2.12 bits per heavy atom. The Balaban J connectivity index is 2.29. The molecule has 2 aromatic rings. The van der Waals surface area contributed by atoms with E-state index < -0.39 is 11.6 Å². The summed E-state index contributed by atoms with van der Waals surface area (Å²) in [5.41, 5.74) is 5.76. The number of hydrogen-bond donors (Lipinski definition) is 1. The van der Waals surface area contributed by atoms with Crippen LogP contribution in [0.4, 0.5) is 25.8 Å². The molecule has 0 unspecified atom stereocenters. The molecule has 86 valence electrons. The van der Waals surface area contributed by atoms with Crippen LogP contribution < -0.4 is 5.73 Å². The Hall–Kier alpha value is -2.30. The summed E-state index contributed by atoms with van der Waals surface area (Å²) in [6, 6.07) is 9.89. The van der Waals surface area contributed by atoms with Crippen molar-refractivity contribution in [3.8, 4) is 0 Å². The van der Waals surface area contributed by atoms with Crippen molar-refractivity contribution in [1.82, 2.24) is 0 Å². The maximum Gasteiger partial charge on any atom is 0.152 e. The number of halogens is 2. The molecule has 0 atom stereocenters. The molecule has 17 heavy (non-hydrogen) atoms. The van der Waals surface area contributed by atoms with Gasteiger partial charge in [0.05, 0.1) is 0 Å². The highest BCUT2D eigenvalue weighted by Crippen LogP contribution is 2.24. The van der Waals surface area contributed by atoms with Gasteiger partial charge in [0.25, 0.3) is 0 Å². The fourth-order valence-corrected chi connectivity index (χ4v) is 1.24. The average Bonchev–Trinajstić information content (AvgIpc) is 2.30. The van der Waals surface area contributed by atoms with E-state index in [0.717, 1.165) is 6.07 Å². The Morgan fingerprint density at radius 1 is 0.824 bits per heavy atom. The minimum Gasteiger partial charge on any atom is -0.399 e. The maximum atomic E-state index is 13.3. The van der Waals surface area contributed by atoms with Crippen LogP contribution in [0.5, 0.6) is 0 Å². The molecule has 2 aromatic carbocycles. The molecule has 0 spiro atoms. The van der Waals surface area contributed by atoms with Crippen LogP contribution in [0.15, 0.2) is 52.7 Å². The Bertz CT molecular complexity index is 567. The number of rotatable bonds is 2. The number of benzene rings is 2. The van der Waals surface area contributed by atoms with Crippen LogP contribution in [-0.2, 0) is 0 Å². The van der Waals surface area contributed by atoms with E-state index in [1.165, 1.54) is 30.3 Å². The Kier molecular flexibility index (Phi) is 3.09. The first-order valence-corrected chi connectivity index (χ1v) is 4.88. The second-order valence-electron chi connectivity index (χ2n) is 3.36. The van der Waals surface area contributed by atoms with Gasteiger partial charge in [-0.25, -0.2) is 8.78 Å². The minimum absolute atomic E-state index is 0.0162. The van der Waals surface area contributed by atoms with Crippen molar-refractivity contribution in [1.29, 1.82) is 0 Å². The predicted octanol–water partition coefficient (Wildman–Crippen LogP) is 3.96. The summed E-state index contributed by atoms with van der Waals surface area (Å²) in [5, 5.41) is 7.27. The third kappa shape index (κ3) is 2.63. The SMILES string of the molecule is Nc1ccc(/N=N/c2ccccc2F)c(F)c1. The number of anilines is 1. The van der Waals surface area contributed by atoms with E-state index in [4.69, 9.17) is 5.73 Å². The summed E-state index contributed by atoms with van der Waals surface area (Å²) >= 11 is 0. The van der Waals surface area contributed by atoms with E-state index in [-0.39, 0.29) is 11.4 Å². The zero-order valence-corrected chi connectivity index (χ0v) is 8.77. The topological polar surface area (TPSA) is 50.7 Å². The van der Waals surface area contributed by atoms with E-state index in [1.807, 2.05) is 0 Å². The standard InChI is InChI=1S/C12H9F2N3/c13-9-3-1-2-4-11(9)16-17-12-6-5-8(15)7-10(12)14/h1-7H,15H2/b17-16+. The molecule has 5 heteroatoms. The summed E-state index contributed by atoms with van der Waals surface area (Å²) in [6.45, 7) is 0. The van der Waals surface area contributed by atoms with Crippen LogP contribution in [0.25, 0.3) is 0 Å². The van der Waals surface area contributed by atoms with Crippen molar-refractivity contribution < 1.29 is 8.78 Å². The van der Waals surface area contributed by atoms with E-state index in [9.17, 15) is 8.78 Å². The molecule has 0 amide bonds. The largest absolute Gasteiger partial charge is 0.399 e. The summed E-state index contributed by atoms with van der Waals surface area (Å²) in [7, 11) is 0. The van der Waals surface area contributed by atoms with Gasteiger partial charge in [-0.2, -0.15) is 0 Å². The predicted molar refractivity (Wildman–Crippen MR) is 61.4 cm³/mol. The van der Waals surface area contributed by atoms with E-state index in [1.54, 1.807) is 6.07 Å². The lowest BCUT2D eigenvalue weighted by atomic mass is 10.3. The van der Waals surface area contributed by atoms with Gasteiger partial charge in [-0.3, -0.25) is 0 Å². The normalized spacial score (nSPS) is 10.9. The molecule has 0 aliphatic rings. The van der Waals surface area contributed by atoms with Crippen molar-refractivity contribution in [2.24, 2.45) is 10.2 Å². The van der Waals surface area contributed by atoms with Crippen molar-refractivity contribution in [3.05, 3.63) is 54.1 Å². The van der Waals surface area contributed by atoms with E-state index >= 15 is 0 Å². The van der Waals surface area contributed by atoms with Gasteiger partial charge < -0.3 is 5.73 Å². The molecule has 3 nitrogen and oxygen atoms in total. The summed E-state index contributed by atoms with van der Waals surface area (Å²) in [4.78, 5) is 0. The van der Waals surface area contributed by atoms with Crippen molar-refractivity contribution >= 4 is 17.1 Å². The first-order chi connectivity index (χ1) is 8.16. The van der Waals surface area contributed by atoms with Gasteiger partial charge in [0.15, 0.2) is 11.6 Å². The molecule has 0 saturated carbocycles. The first-order valence-electron chi connectivity index (χ1n) is 4.88. The number of nitrogen functional groups attached to an aromatic ring is 1. The van der Waals surface area contributed by atoms with Gasteiger partial charge in [-0.15, -0.1) is 10.2 Å². The molecular weight excluding hydrogens is 224 g/mol. The van der Waals surface area contributed by atoms with Gasteiger partial charge in [-0.05, 0) is 30.3 Å². The molecular formula is C12H9F2N3. The lowest BCUT2D eigenvalue weighted by Gasteiger charge is -1.97.